The molecule has 0 aliphatic rings. The molecule has 0 unspecified atom stereocenters. The van der Waals surface area contributed by atoms with Crippen LogP contribution in [0.2, 0.25) is 5.02 Å². The van der Waals surface area contributed by atoms with Gasteiger partial charge < -0.3 is 16.0 Å². The second-order valence-electron chi connectivity index (χ2n) is 7.48. The van der Waals surface area contributed by atoms with Crippen molar-refractivity contribution < 1.29 is 14.0 Å². The lowest BCUT2D eigenvalue weighted by molar-refractivity contribution is -0.119. The van der Waals surface area contributed by atoms with E-state index in [0.717, 1.165) is 16.3 Å². The fourth-order valence-corrected chi connectivity index (χ4v) is 3.88. The van der Waals surface area contributed by atoms with Gasteiger partial charge >= 0.3 is 0 Å². The highest BCUT2D eigenvalue weighted by Gasteiger charge is 2.11. The van der Waals surface area contributed by atoms with Crippen molar-refractivity contribution in [2.75, 3.05) is 10.6 Å². The topological polar surface area (TPSA) is 70.2 Å². The van der Waals surface area contributed by atoms with E-state index in [1.165, 1.54) is 18.2 Å². The SMILES string of the molecule is O=C(Cc1cccc2ccccc12)NC(=S)Nc1cccc(C(=O)Nc2ccc(F)c(Cl)c2)c1. The molecule has 0 heterocycles. The molecule has 8 heteroatoms. The third kappa shape index (κ3) is 5.75. The van der Waals surface area contributed by atoms with Gasteiger partial charge in [-0.25, -0.2) is 4.39 Å². The van der Waals surface area contributed by atoms with Crippen LogP contribution in [-0.2, 0) is 11.2 Å². The van der Waals surface area contributed by atoms with E-state index in [-0.39, 0.29) is 22.5 Å². The minimum absolute atomic E-state index is 0.0854. The van der Waals surface area contributed by atoms with Gasteiger partial charge in [0.05, 0.1) is 11.4 Å². The van der Waals surface area contributed by atoms with E-state index in [2.05, 4.69) is 16.0 Å². The lowest BCUT2D eigenvalue weighted by atomic mass is 10.0. The van der Waals surface area contributed by atoms with Gasteiger partial charge in [-0.15, -0.1) is 0 Å². The van der Waals surface area contributed by atoms with Crippen molar-refractivity contribution in [2.45, 2.75) is 6.42 Å². The maximum absolute atomic E-state index is 13.3. The second-order valence-corrected chi connectivity index (χ2v) is 8.30. The first kappa shape index (κ1) is 23.4. The number of hydrogen-bond acceptors (Lipinski definition) is 3. The number of amides is 2. The molecule has 0 bridgehead atoms. The van der Waals surface area contributed by atoms with E-state index in [1.807, 2.05) is 42.5 Å². The average molecular weight is 492 g/mol. The first-order valence-corrected chi connectivity index (χ1v) is 11.1. The van der Waals surface area contributed by atoms with Crippen LogP contribution in [0.3, 0.4) is 0 Å². The second kappa shape index (κ2) is 10.4. The number of nitrogens with one attached hydrogen (secondary N) is 3. The van der Waals surface area contributed by atoms with Crippen LogP contribution in [0.15, 0.2) is 84.9 Å². The fraction of sp³-hybridized carbons (Fsp3) is 0.0385. The van der Waals surface area contributed by atoms with Gasteiger partial charge in [-0.2, -0.15) is 0 Å². The standard InChI is InChI=1S/C26H19ClFN3O2S/c27-22-15-20(11-12-23(22)28)29-25(33)18-8-4-9-19(13-18)30-26(34)31-24(32)14-17-7-3-6-16-5-1-2-10-21(16)17/h1-13,15H,14H2,(H,29,33)(H2,30,31,32,34). The highest BCUT2D eigenvalue weighted by atomic mass is 35.5. The van der Waals surface area contributed by atoms with Crippen LogP contribution in [-0.4, -0.2) is 16.9 Å². The minimum atomic E-state index is -0.568. The van der Waals surface area contributed by atoms with Crippen molar-refractivity contribution in [3.8, 4) is 0 Å². The largest absolute Gasteiger partial charge is 0.332 e. The van der Waals surface area contributed by atoms with Crippen molar-refractivity contribution >= 4 is 62.9 Å². The Morgan fingerprint density at radius 3 is 2.41 bits per heavy atom. The zero-order valence-corrected chi connectivity index (χ0v) is 19.3. The minimum Gasteiger partial charge on any atom is -0.332 e. The Balaban J connectivity index is 1.37. The molecule has 2 amide bonds. The first-order valence-electron chi connectivity index (χ1n) is 10.3. The predicted molar refractivity (Wildman–Crippen MR) is 138 cm³/mol. The van der Waals surface area contributed by atoms with Gasteiger partial charge in [0.15, 0.2) is 5.11 Å². The summed E-state index contributed by atoms with van der Waals surface area (Å²) in [4.78, 5) is 25.1. The zero-order chi connectivity index (χ0) is 24.1. The molecule has 0 fully saturated rings. The molecule has 5 nitrogen and oxygen atoms in total. The predicted octanol–water partition coefficient (Wildman–Crippen LogP) is 5.94. The van der Waals surface area contributed by atoms with Crippen molar-refractivity contribution in [2.24, 2.45) is 0 Å². The summed E-state index contributed by atoms with van der Waals surface area (Å²) >= 11 is 11.0. The lowest BCUT2D eigenvalue weighted by Gasteiger charge is -2.12. The molecule has 34 heavy (non-hydrogen) atoms. The van der Waals surface area contributed by atoms with Crippen LogP contribution in [0.5, 0.6) is 0 Å². The Morgan fingerprint density at radius 2 is 1.59 bits per heavy atom. The van der Waals surface area contributed by atoms with Crippen molar-refractivity contribution in [1.82, 2.24) is 5.32 Å². The van der Waals surface area contributed by atoms with Crippen LogP contribution in [0, 0.1) is 5.82 Å². The molecule has 170 valence electrons. The summed E-state index contributed by atoms with van der Waals surface area (Å²) in [6.07, 6.45) is 0.172. The Labute approximate surface area is 205 Å². The number of halogens is 2. The highest BCUT2D eigenvalue weighted by molar-refractivity contribution is 7.80. The fourth-order valence-electron chi connectivity index (χ4n) is 3.47. The third-order valence-electron chi connectivity index (χ3n) is 5.04. The number of rotatable bonds is 5. The zero-order valence-electron chi connectivity index (χ0n) is 17.8. The van der Waals surface area contributed by atoms with E-state index >= 15 is 0 Å². The summed E-state index contributed by atoms with van der Waals surface area (Å²) < 4.78 is 13.3. The van der Waals surface area contributed by atoms with Crippen LogP contribution in [0.4, 0.5) is 15.8 Å². The summed E-state index contributed by atoms with van der Waals surface area (Å²) in [5, 5.41) is 10.4. The molecular formula is C26H19ClFN3O2S. The summed E-state index contributed by atoms with van der Waals surface area (Å²) in [5.74, 6) is -1.23. The molecule has 0 saturated heterocycles. The molecule has 0 saturated carbocycles. The van der Waals surface area contributed by atoms with Crippen LogP contribution >= 0.6 is 23.8 Å². The number of hydrogen-bond donors (Lipinski definition) is 3. The number of carbonyl (C=O) groups is 2. The van der Waals surface area contributed by atoms with E-state index < -0.39 is 11.7 Å². The number of carbonyl (C=O) groups excluding carboxylic acids is 2. The van der Waals surface area contributed by atoms with Crippen LogP contribution in [0.1, 0.15) is 15.9 Å². The molecule has 3 N–H and O–H groups in total. The quantitative estimate of drug-likeness (QED) is 0.302. The molecule has 0 spiro atoms. The summed E-state index contributed by atoms with van der Waals surface area (Å²) in [6, 6.07) is 24.2. The van der Waals surface area contributed by atoms with Crippen LogP contribution < -0.4 is 16.0 Å². The van der Waals surface area contributed by atoms with Crippen LogP contribution in [0.25, 0.3) is 10.8 Å². The van der Waals surface area contributed by atoms with E-state index in [1.54, 1.807) is 24.3 Å². The smallest absolute Gasteiger partial charge is 0.255 e. The summed E-state index contributed by atoms with van der Waals surface area (Å²) in [7, 11) is 0. The monoisotopic (exact) mass is 491 g/mol. The number of thiocarbonyl (C=S) groups is 1. The van der Waals surface area contributed by atoms with Crippen molar-refractivity contribution in [3.05, 3.63) is 107 Å². The molecule has 4 aromatic rings. The summed E-state index contributed by atoms with van der Waals surface area (Å²) in [5.41, 5.74) is 2.14. The molecule has 0 aliphatic heterocycles. The lowest BCUT2D eigenvalue weighted by Crippen LogP contribution is -2.35. The number of benzene rings is 4. The van der Waals surface area contributed by atoms with Gasteiger partial charge in [0.2, 0.25) is 5.91 Å². The molecular weight excluding hydrogens is 473 g/mol. The molecule has 0 aromatic heterocycles. The van der Waals surface area contributed by atoms with Crippen molar-refractivity contribution in [1.29, 1.82) is 0 Å². The molecule has 0 aliphatic carbocycles. The van der Waals surface area contributed by atoms with Gasteiger partial charge in [-0.05, 0) is 65.0 Å². The number of fused-ring (bicyclic) bond motifs is 1. The van der Waals surface area contributed by atoms with Gasteiger partial charge in [0.1, 0.15) is 5.82 Å². The maximum Gasteiger partial charge on any atom is 0.255 e. The van der Waals surface area contributed by atoms with E-state index in [4.69, 9.17) is 23.8 Å². The number of anilines is 2. The van der Waals surface area contributed by atoms with E-state index in [9.17, 15) is 14.0 Å². The van der Waals surface area contributed by atoms with Gasteiger partial charge in [-0.1, -0.05) is 60.1 Å². The Hall–Kier alpha value is -3.81. The van der Waals surface area contributed by atoms with Gasteiger partial charge in [0.25, 0.3) is 5.91 Å². The van der Waals surface area contributed by atoms with E-state index in [0.29, 0.717) is 16.9 Å². The Bertz CT molecular complexity index is 1400. The average Bonchev–Trinajstić information content (AvgIpc) is 2.81. The third-order valence-corrected chi connectivity index (χ3v) is 5.54. The maximum atomic E-state index is 13.3. The molecule has 0 atom stereocenters. The summed E-state index contributed by atoms with van der Waals surface area (Å²) in [6.45, 7) is 0. The Morgan fingerprint density at radius 1 is 0.853 bits per heavy atom. The highest BCUT2D eigenvalue weighted by Crippen LogP contribution is 2.21. The van der Waals surface area contributed by atoms with Gasteiger partial charge in [-0.3, -0.25) is 9.59 Å². The van der Waals surface area contributed by atoms with Crippen molar-refractivity contribution in [3.63, 3.8) is 0 Å². The normalized spacial score (nSPS) is 10.5. The van der Waals surface area contributed by atoms with Gasteiger partial charge in [0, 0.05) is 16.9 Å². The first-order chi connectivity index (χ1) is 16.4. The molecule has 0 radical (unpaired) electrons. The molecule has 4 aromatic carbocycles. The Kier molecular flexibility index (Phi) is 7.15. The molecule has 4 rings (SSSR count).